The average molecular weight is 553 g/mol. The molecule has 1 amide bonds. The smallest absolute Gasteiger partial charge is 0.410 e. The molecule has 36 heavy (non-hydrogen) atoms. The van der Waals surface area contributed by atoms with Crippen molar-refractivity contribution in [1.82, 2.24) is 9.62 Å². The quantitative estimate of drug-likeness (QED) is 0.399. The van der Waals surface area contributed by atoms with Gasteiger partial charge in [0.1, 0.15) is 10.8 Å². The minimum atomic E-state index is -3.78. The zero-order valence-corrected chi connectivity index (χ0v) is 24.4. The molecule has 198 valence electrons. The summed E-state index contributed by atoms with van der Waals surface area (Å²) in [5, 5.41) is 1.31. The van der Waals surface area contributed by atoms with E-state index in [2.05, 4.69) is 49.8 Å². The van der Waals surface area contributed by atoms with Gasteiger partial charge in [0, 0.05) is 13.1 Å². The van der Waals surface area contributed by atoms with Gasteiger partial charge >= 0.3 is 6.09 Å². The summed E-state index contributed by atoms with van der Waals surface area (Å²) < 4.78 is 40.3. The summed E-state index contributed by atoms with van der Waals surface area (Å²) in [6.07, 6.45) is -0.492. The molecule has 3 rings (SSSR count). The van der Waals surface area contributed by atoms with Crippen LogP contribution in [-0.4, -0.2) is 63.8 Å². The van der Waals surface area contributed by atoms with E-state index < -0.39 is 40.8 Å². The van der Waals surface area contributed by atoms with Crippen molar-refractivity contribution >= 4 is 46.4 Å². The number of carbonyl (C=O) groups is 1. The third kappa shape index (κ3) is 6.31. The highest BCUT2D eigenvalue weighted by Crippen LogP contribution is 2.38. The number of hydrogen-bond acceptors (Lipinski definition) is 5. The van der Waals surface area contributed by atoms with Crippen molar-refractivity contribution < 1.29 is 22.4 Å². The van der Waals surface area contributed by atoms with Crippen LogP contribution in [0.2, 0.25) is 5.04 Å². The number of hydrogen-bond donors (Lipinski definition) is 1. The van der Waals surface area contributed by atoms with Crippen molar-refractivity contribution in [2.24, 2.45) is 0 Å². The van der Waals surface area contributed by atoms with E-state index in [1.807, 2.05) is 36.4 Å². The molecule has 1 aliphatic rings. The SMILES string of the molecule is CC(C)(C)OC(=O)N1CC(CO[Si](c2ccccc2)(c2ccccc2)C(C)(C)C)(NS(=O)(=O)CCl)C1. The second-order valence-corrected chi connectivity index (χ2v) is 18.0. The highest BCUT2D eigenvalue weighted by molar-refractivity contribution is 7.90. The maximum Gasteiger partial charge on any atom is 0.410 e. The molecular formula is C26H37ClN2O5SSi. The molecule has 1 N–H and O–H groups in total. The summed E-state index contributed by atoms with van der Waals surface area (Å²) in [6, 6.07) is 20.2. The fourth-order valence-corrected chi connectivity index (χ4v) is 10.4. The zero-order valence-electron chi connectivity index (χ0n) is 21.9. The monoisotopic (exact) mass is 552 g/mol. The molecule has 0 atom stereocenters. The van der Waals surface area contributed by atoms with Crippen LogP contribution in [0, 0.1) is 0 Å². The Kier molecular flexibility index (Phi) is 8.32. The number of nitrogens with zero attached hydrogens (tertiary/aromatic N) is 1. The molecule has 0 spiro atoms. The highest BCUT2D eigenvalue weighted by atomic mass is 35.5. The maximum atomic E-state index is 12.6. The van der Waals surface area contributed by atoms with Gasteiger partial charge < -0.3 is 14.1 Å². The van der Waals surface area contributed by atoms with Gasteiger partial charge in [-0.05, 0) is 36.2 Å². The van der Waals surface area contributed by atoms with E-state index in [1.165, 1.54) is 4.90 Å². The summed E-state index contributed by atoms with van der Waals surface area (Å²) in [7, 11) is -6.70. The van der Waals surface area contributed by atoms with Crippen LogP contribution < -0.4 is 15.1 Å². The van der Waals surface area contributed by atoms with Crippen LogP contribution in [0.15, 0.2) is 60.7 Å². The number of halogens is 1. The first-order valence-electron chi connectivity index (χ1n) is 11.9. The molecular weight excluding hydrogens is 516 g/mol. The number of ether oxygens (including phenoxy) is 1. The molecule has 0 radical (unpaired) electrons. The lowest BCUT2D eigenvalue weighted by molar-refractivity contribution is -0.0226. The third-order valence-electron chi connectivity index (χ3n) is 6.14. The van der Waals surface area contributed by atoms with E-state index in [1.54, 1.807) is 20.8 Å². The fraction of sp³-hybridized carbons (Fsp3) is 0.500. The van der Waals surface area contributed by atoms with Gasteiger partial charge in [-0.3, -0.25) is 0 Å². The second kappa shape index (κ2) is 10.5. The Hall–Kier alpha value is -1.91. The first-order valence-corrected chi connectivity index (χ1v) is 16.0. The first kappa shape index (κ1) is 28.7. The molecule has 0 aliphatic carbocycles. The number of amides is 1. The molecule has 1 saturated heterocycles. The minimum Gasteiger partial charge on any atom is -0.444 e. The van der Waals surface area contributed by atoms with E-state index in [9.17, 15) is 13.2 Å². The highest BCUT2D eigenvalue weighted by Gasteiger charge is 2.55. The van der Waals surface area contributed by atoms with Crippen LogP contribution in [0.4, 0.5) is 4.79 Å². The predicted octanol–water partition coefficient (Wildman–Crippen LogP) is 3.67. The lowest BCUT2D eigenvalue weighted by atomic mass is 9.93. The van der Waals surface area contributed by atoms with Gasteiger partial charge in [0.15, 0.2) is 0 Å². The standard InChI is InChI=1S/C26H37ClN2O5SSi/c1-24(2,3)34-23(30)29-17-26(18-29,28-35(31,32)20-27)19-33-36(25(4,5)6,21-13-9-7-10-14-21)22-15-11-8-12-16-22/h7-16,28H,17-20H2,1-6H3. The van der Waals surface area contributed by atoms with Crippen LogP contribution in [0.3, 0.4) is 0 Å². The van der Waals surface area contributed by atoms with Crippen molar-refractivity contribution in [3.05, 3.63) is 60.7 Å². The third-order valence-corrected chi connectivity index (χ3v) is 13.0. The number of likely N-dealkylation sites (tertiary alicyclic amines) is 1. The van der Waals surface area contributed by atoms with Crippen molar-refractivity contribution in [3.8, 4) is 0 Å². The molecule has 7 nitrogen and oxygen atoms in total. The van der Waals surface area contributed by atoms with Gasteiger partial charge in [-0.15, -0.1) is 11.6 Å². The van der Waals surface area contributed by atoms with Gasteiger partial charge in [-0.1, -0.05) is 81.4 Å². The maximum absolute atomic E-state index is 12.6. The van der Waals surface area contributed by atoms with Crippen molar-refractivity contribution in [2.45, 2.75) is 57.7 Å². The van der Waals surface area contributed by atoms with Crippen LogP contribution in [0.25, 0.3) is 0 Å². The molecule has 2 aromatic carbocycles. The molecule has 10 heteroatoms. The number of rotatable bonds is 8. The first-order chi connectivity index (χ1) is 16.6. The molecule has 0 saturated carbocycles. The topological polar surface area (TPSA) is 84.9 Å². The molecule has 1 heterocycles. The normalized spacial score (nSPS) is 16.4. The second-order valence-electron chi connectivity index (χ2n) is 11.4. The molecule has 0 aromatic heterocycles. The van der Waals surface area contributed by atoms with Crippen molar-refractivity contribution in [3.63, 3.8) is 0 Å². The molecule has 1 fully saturated rings. The number of benzene rings is 2. The van der Waals surface area contributed by atoms with E-state index in [4.69, 9.17) is 20.8 Å². The van der Waals surface area contributed by atoms with Crippen LogP contribution >= 0.6 is 11.6 Å². The Balaban J connectivity index is 2.00. The van der Waals surface area contributed by atoms with Gasteiger partial charge in [0.25, 0.3) is 8.32 Å². The summed E-state index contributed by atoms with van der Waals surface area (Å²) in [5.74, 6) is 0. The zero-order chi connectivity index (χ0) is 26.8. The number of carbonyl (C=O) groups excluding carboxylic acids is 1. The summed E-state index contributed by atoms with van der Waals surface area (Å²) in [4.78, 5) is 14.1. The van der Waals surface area contributed by atoms with E-state index in [0.29, 0.717) is 0 Å². The Morgan fingerprint density at radius 2 is 1.44 bits per heavy atom. The predicted molar refractivity (Wildman–Crippen MR) is 147 cm³/mol. The van der Waals surface area contributed by atoms with Gasteiger partial charge in [-0.2, -0.15) is 0 Å². The van der Waals surface area contributed by atoms with E-state index >= 15 is 0 Å². The number of alkyl halides is 1. The van der Waals surface area contributed by atoms with E-state index in [-0.39, 0.29) is 24.7 Å². The molecule has 0 unspecified atom stereocenters. The van der Waals surface area contributed by atoms with Gasteiger partial charge in [0.05, 0.1) is 12.1 Å². The minimum absolute atomic E-state index is 0.0791. The number of sulfonamides is 1. The Morgan fingerprint density at radius 1 is 0.972 bits per heavy atom. The lowest BCUT2D eigenvalue weighted by Crippen LogP contribution is -2.76. The van der Waals surface area contributed by atoms with E-state index in [0.717, 1.165) is 10.4 Å². The van der Waals surface area contributed by atoms with Crippen molar-refractivity contribution in [1.29, 1.82) is 0 Å². The lowest BCUT2D eigenvalue weighted by Gasteiger charge is -2.52. The summed E-state index contributed by atoms with van der Waals surface area (Å²) >= 11 is 5.73. The Bertz CT molecular complexity index is 1100. The van der Waals surface area contributed by atoms with Crippen LogP contribution in [-0.2, 0) is 19.2 Å². The van der Waals surface area contributed by atoms with Gasteiger partial charge in [0.2, 0.25) is 10.0 Å². The molecule has 2 aromatic rings. The molecule has 0 bridgehead atoms. The number of nitrogens with one attached hydrogen (secondary N) is 1. The van der Waals surface area contributed by atoms with Crippen molar-refractivity contribution in [2.75, 3.05) is 24.9 Å². The fourth-order valence-electron chi connectivity index (χ4n) is 4.69. The van der Waals surface area contributed by atoms with Crippen LogP contribution in [0.1, 0.15) is 41.5 Å². The summed E-state index contributed by atoms with van der Waals surface area (Å²) in [5.41, 5.74) is -1.67. The van der Waals surface area contributed by atoms with Crippen LogP contribution in [0.5, 0.6) is 0 Å². The molecule has 1 aliphatic heterocycles. The largest absolute Gasteiger partial charge is 0.444 e. The average Bonchev–Trinajstić information content (AvgIpc) is 2.76. The summed E-state index contributed by atoms with van der Waals surface area (Å²) in [6.45, 7) is 12.2. The van der Waals surface area contributed by atoms with Gasteiger partial charge in [-0.25, -0.2) is 17.9 Å². The Morgan fingerprint density at radius 3 is 1.83 bits per heavy atom. The Labute approximate surface area is 221 Å².